The summed E-state index contributed by atoms with van der Waals surface area (Å²) in [6.45, 7) is 2.07. The first-order valence-electron chi connectivity index (χ1n) is 7.39. The summed E-state index contributed by atoms with van der Waals surface area (Å²) in [5, 5.41) is 5.27. The Hall–Kier alpha value is -2.40. The highest BCUT2D eigenvalue weighted by atomic mass is 32.2. The standard InChI is InChI=1S/C14H18N6O3S2/c1-2-23-12(22)5-8-7-25-13(17-8)20-11(21)3-4-24-14-18-9(15)6-10(16)19-14/h6-7H,2-5H2,1H3,(H,17,20,21)(H4,15,16,18,19). The summed E-state index contributed by atoms with van der Waals surface area (Å²) in [4.78, 5) is 35.6. The monoisotopic (exact) mass is 382 g/mol. The molecule has 0 aliphatic carbocycles. The van der Waals surface area contributed by atoms with Crippen molar-refractivity contribution >= 4 is 51.7 Å². The zero-order valence-electron chi connectivity index (χ0n) is 13.5. The fourth-order valence-corrected chi connectivity index (χ4v) is 3.29. The number of anilines is 3. The summed E-state index contributed by atoms with van der Waals surface area (Å²) < 4.78 is 4.85. The zero-order valence-corrected chi connectivity index (χ0v) is 15.2. The zero-order chi connectivity index (χ0) is 18.2. The van der Waals surface area contributed by atoms with Gasteiger partial charge < -0.3 is 21.5 Å². The number of aromatic nitrogens is 3. The van der Waals surface area contributed by atoms with Crippen molar-refractivity contribution in [3.05, 3.63) is 17.1 Å². The van der Waals surface area contributed by atoms with E-state index in [1.165, 1.54) is 29.2 Å². The summed E-state index contributed by atoms with van der Waals surface area (Å²) >= 11 is 2.54. The van der Waals surface area contributed by atoms with Gasteiger partial charge in [-0.3, -0.25) is 9.59 Å². The fraction of sp³-hybridized carbons (Fsp3) is 0.357. The Morgan fingerprint density at radius 3 is 2.68 bits per heavy atom. The largest absolute Gasteiger partial charge is 0.466 e. The molecular weight excluding hydrogens is 364 g/mol. The van der Waals surface area contributed by atoms with Crippen LogP contribution in [0.5, 0.6) is 0 Å². The molecule has 0 atom stereocenters. The van der Waals surface area contributed by atoms with E-state index in [0.29, 0.717) is 28.3 Å². The van der Waals surface area contributed by atoms with Gasteiger partial charge in [-0.2, -0.15) is 0 Å². The molecule has 11 heteroatoms. The Labute approximate surface area is 152 Å². The second-order valence-corrected chi connectivity index (χ2v) is 6.69. The van der Waals surface area contributed by atoms with Crippen LogP contribution in [-0.2, 0) is 20.7 Å². The number of carbonyl (C=O) groups is 2. The first-order chi connectivity index (χ1) is 12.0. The highest BCUT2D eigenvalue weighted by Crippen LogP contribution is 2.19. The van der Waals surface area contributed by atoms with Crippen molar-refractivity contribution in [2.24, 2.45) is 0 Å². The number of nitrogens with two attached hydrogens (primary N) is 2. The molecule has 134 valence electrons. The molecule has 0 aliphatic heterocycles. The second kappa shape index (κ2) is 9.18. The lowest BCUT2D eigenvalue weighted by molar-refractivity contribution is -0.142. The van der Waals surface area contributed by atoms with Crippen molar-refractivity contribution in [2.45, 2.75) is 24.9 Å². The molecule has 1 amide bonds. The third-order valence-electron chi connectivity index (χ3n) is 2.73. The minimum atomic E-state index is -0.344. The molecule has 0 spiro atoms. The summed E-state index contributed by atoms with van der Waals surface area (Å²) in [5.41, 5.74) is 11.7. The van der Waals surface area contributed by atoms with Gasteiger partial charge in [0.2, 0.25) is 5.91 Å². The number of amides is 1. The van der Waals surface area contributed by atoms with Crippen LogP contribution in [0.25, 0.3) is 0 Å². The van der Waals surface area contributed by atoms with Crippen LogP contribution in [0.2, 0.25) is 0 Å². The topological polar surface area (TPSA) is 146 Å². The van der Waals surface area contributed by atoms with Gasteiger partial charge in [-0.05, 0) is 6.92 Å². The first-order valence-corrected chi connectivity index (χ1v) is 9.25. The number of rotatable bonds is 8. The van der Waals surface area contributed by atoms with Crippen LogP contribution in [0.1, 0.15) is 19.0 Å². The molecule has 2 aromatic rings. The lowest BCUT2D eigenvalue weighted by Gasteiger charge is -2.03. The summed E-state index contributed by atoms with van der Waals surface area (Å²) in [7, 11) is 0. The van der Waals surface area contributed by atoms with Crippen LogP contribution in [0.4, 0.5) is 16.8 Å². The molecular formula is C14H18N6O3S2. The van der Waals surface area contributed by atoms with Crippen LogP contribution in [0.15, 0.2) is 16.6 Å². The van der Waals surface area contributed by atoms with Gasteiger partial charge in [-0.1, -0.05) is 11.8 Å². The molecule has 9 nitrogen and oxygen atoms in total. The summed E-state index contributed by atoms with van der Waals surface area (Å²) in [6.07, 6.45) is 0.333. The highest BCUT2D eigenvalue weighted by molar-refractivity contribution is 7.99. The highest BCUT2D eigenvalue weighted by Gasteiger charge is 2.11. The lowest BCUT2D eigenvalue weighted by atomic mass is 10.3. The number of thioether (sulfide) groups is 1. The number of thiazole rings is 1. The van der Waals surface area contributed by atoms with Crippen molar-refractivity contribution in [3.8, 4) is 0 Å². The molecule has 0 radical (unpaired) electrons. The number of nitrogen functional groups attached to an aromatic ring is 2. The Kier molecular flexibility index (Phi) is 6.95. The average molecular weight is 382 g/mol. The van der Waals surface area contributed by atoms with E-state index in [-0.39, 0.29) is 36.4 Å². The molecule has 5 N–H and O–H groups in total. The SMILES string of the molecule is CCOC(=O)Cc1csc(NC(=O)CCSc2nc(N)cc(N)n2)n1. The van der Waals surface area contributed by atoms with E-state index in [9.17, 15) is 9.59 Å². The van der Waals surface area contributed by atoms with Crippen LogP contribution in [0.3, 0.4) is 0 Å². The van der Waals surface area contributed by atoms with Crippen LogP contribution in [0, 0.1) is 0 Å². The van der Waals surface area contributed by atoms with Crippen molar-refractivity contribution in [3.63, 3.8) is 0 Å². The first kappa shape index (κ1) is 18.9. The minimum absolute atomic E-state index is 0.0876. The van der Waals surface area contributed by atoms with E-state index in [4.69, 9.17) is 16.2 Å². The van der Waals surface area contributed by atoms with Gasteiger partial charge in [0, 0.05) is 23.6 Å². The summed E-state index contributed by atoms with van der Waals surface area (Å²) in [6, 6.07) is 1.47. The van der Waals surface area contributed by atoms with Crippen LogP contribution < -0.4 is 16.8 Å². The minimum Gasteiger partial charge on any atom is -0.466 e. The van der Waals surface area contributed by atoms with Gasteiger partial charge in [-0.15, -0.1) is 11.3 Å². The molecule has 25 heavy (non-hydrogen) atoms. The molecule has 0 aliphatic rings. The number of esters is 1. The van der Waals surface area contributed by atoms with E-state index in [0.717, 1.165) is 0 Å². The molecule has 0 saturated carbocycles. The third-order valence-corrected chi connectivity index (χ3v) is 4.39. The Morgan fingerprint density at radius 1 is 1.28 bits per heavy atom. The maximum absolute atomic E-state index is 11.9. The second-order valence-electron chi connectivity index (χ2n) is 4.77. The van der Waals surface area contributed by atoms with Crippen molar-refractivity contribution in [1.29, 1.82) is 0 Å². The molecule has 0 fully saturated rings. The lowest BCUT2D eigenvalue weighted by Crippen LogP contribution is -2.12. The van der Waals surface area contributed by atoms with Crippen LogP contribution in [-0.4, -0.2) is 39.2 Å². The quantitative estimate of drug-likeness (QED) is 0.349. The third kappa shape index (κ3) is 6.55. The van der Waals surface area contributed by atoms with Crippen molar-refractivity contribution in [2.75, 3.05) is 29.1 Å². The number of hydrogen-bond acceptors (Lipinski definition) is 10. The Morgan fingerprint density at radius 2 is 2.00 bits per heavy atom. The molecule has 0 unspecified atom stereocenters. The molecule has 2 heterocycles. The van der Waals surface area contributed by atoms with E-state index < -0.39 is 0 Å². The fourth-order valence-electron chi connectivity index (χ4n) is 1.75. The van der Waals surface area contributed by atoms with Gasteiger partial charge in [0.25, 0.3) is 0 Å². The number of ether oxygens (including phenoxy) is 1. The van der Waals surface area contributed by atoms with Gasteiger partial charge in [0.15, 0.2) is 10.3 Å². The average Bonchev–Trinajstić information content (AvgIpc) is 2.93. The van der Waals surface area contributed by atoms with Crippen LogP contribution >= 0.6 is 23.1 Å². The van der Waals surface area contributed by atoms with Gasteiger partial charge >= 0.3 is 5.97 Å². The molecule has 0 bridgehead atoms. The van der Waals surface area contributed by atoms with Crippen molar-refractivity contribution in [1.82, 2.24) is 15.0 Å². The normalized spacial score (nSPS) is 10.4. The van der Waals surface area contributed by atoms with E-state index in [1.54, 1.807) is 12.3 Å². The number of carbonyl (C=O) groups excluding carboxylic acids is 2. The smallest absolute Gasteiger partial charge is 0.311 e. The predicted molar refractivity (Wildman–Crippen MR) is 97.3 cm³/mol. The Bertz CT molecular complexity index is 732. The van der Waals surface area contributed by atoms with Crippen molar-refractivity contribution < 1.29 is 14.3 Å². The van der Waals surface area contributed by atoms with Gasteiger partial charge in [0.1, 0.15) is 11.6 Å². The molecule has 0 aromatic carbocycles. The number of nitrogens with one attached hydrogen (secondary N) is 1. The van der Waals surface area contributed by atoms with Gasteiger partial charge in [0.05, 0.1) is 18.7 Å². The molecule has 2 aromatic heterocycles. The number of hydrogen-bond donors (Lipinski definition) is 3. The maximum atomic E-state index is 11.9. The van der Waals surface area contributed by atoms with Gasteiger partial charge in [-0.25, -0.2) is 15.0 Å². The summed E-state index contributed by atoms with van der Waals surface area (Å²) in [5.74, 6) is 0.508. The Balaban J connectivity index is 1.76. The molecule has 0 saturated heterocycles. The maximum Gasteiger partial charge on any atom is 0.311 e. The van der Waals surface area contributed by atoms with E-state index in [1.807, 2.05) is 0 Å². The number of nitrogens with zero attached hydrogens (tertiary/aromatic N) is 3. The molecule has 2 rings (SSSR count). The van der Waals surface area contributed by atoms with E-state index >= 15 is 0 Å². The predicted octanol–water partition coefficient (Wildman–Crippen LogP) is 1.32. The van der Waals surface area contributed by atoms with E-state index in [2.05, 4.69) is 20.3 Å².